The van der Waals surface area contributed by atoms with Crippen LogP contribution in [-0.4, -0.2) is 32.0 Å². The Balaban J connectivity index is 0.00000256. The number of hydrogen-bond donors (Lipinski definition) is 3. The number of halogens is 1. The Kier molecular flexibility index (Phi) is 7.75. The van der Waals surface area contributed by atoms with E-state index in [-0.39, 0.29) is 37.3 Å². The first kappa shape index (κ1) is 15.4. The van der Waals surface area contributed by atoms with Crippen molar-refractivity contribution in [2.45, 2.75) is 0 Å². The van der Waals surface area contributed by atoms with Crippen LogP contribution in [0.2, 0.25) is 0 Å². The molecular weight excluding hydrogens is 242 g/mol. The smallest absolute Gasteiger partial charge is 0.238 e. The van der Waals surface area contributed by atoms with E-state index in [2.05, 4.69) is 16.0 Å². The van der Waals surface area contributed by atoms with Crippen molar-refractivity contribution in [1.29, 1.82) is 0 Å². The second-order valence-electron chi connectivity index (χ2n) is 3.19. The van der Waals surface area contributed by atoms with Gasteiger partial charge in [-0.1, -0.05) is 18.2 Å². The van der Waals surface area contributed by atoms with E-state index in [0.717, 1.165) is 5.69 Å². The topological polar surface area (TPSA) is 70.2 Å². The normalized spacial score (nSPS) is 9.00. The summed E-state index contributed by atoms with van der Waals surface area (Å²) in [5.74, 6) is -0.317. The van der Waals surface area contributed by atoms with Crippen molar-refractivity contribution in [2.24, 2.45) is 0 Å². The molecule has 0 saturated heterocycles. The van der Waals surface area contributed by atoms with Gasteiger partial charge in [0.05, 0.1) is 13.1 Å². The number of benzene rings is 1. The van der Waals surface area contributed by atoms with E-state index in [4.69, 9.17) is 0 Å². The van der Waals surface area contributed by atoms with Crippen LogP contribution in [0, 0.1) is 0 Å². The van der Waals surface area contributed by atoms with Gasteiger partial charge in [-0.3, -0.25) is 14.9 Å². The summed E-state index contributed by atoms with van der Waals surface area (Å²) in [6.07, 6.45) is 0. The highest BCUT2D eigenvalue weighted by molar-refractivity contribution is 5.92. The predicted molar refractivity (Wildman–Crippen MR) is 69.3 cm³/mol. The Morgan fingerprint density at radius 3 is 2.24 bits per heavy atom. The number of nitrogens with one attached hydrogen (secondary N) is 3. The first-order valence-electron chi connectivity index (χ1n) is 4.98. The number of amides is 2. The molecule has 2 amide bonds. The van der Waals surface area contributed by atoms with Crippen molar-refractivity contribution in [2.75, 3.05) is 25.5 Å². The Morgan fingerprint density at radius 2 is 1.65 bits per heavy atom. The Morgan fingerprint density at radius 1 is 1.06 bits per heavy atom. The van der Waals surface area contributed by atoms with E-state index >= 15 is 0 Å². The monoisotopic (exact) mass is 257 g/mol. The highest BCUT2D eigenvalue weighted by Gasteiger charge is 2.02. The quantitative estimate of drug-likeness (QED) is 0.714. The molecule has 3 N–H and O–H groups in total. The molecule has 5 nitrogen and oxygen atoms in total. The maximum absolute atomic E-state index is 11.4. The molecule has 0 atom stereocenters. The molecule has 94 valence electrons. The second-order valence-corrected chi connectivity index (χ2v) is 3.19. The lowest BCUT2D eigenvalue weighted by molar-refractivity contribution is -0.119. The number of rotatable bonds is 5. The number of likely N-dealkylation sites (N-methyl/N-ethyl adjacent to an activating group) is 1. The zero-order chi connectivity index (χ0) is 11.8. The van der Waals surface area contributed by atoms with Crippen LogP contribution in [0.1, 0.15) is 0 Å². The number of para-hydroxylation sites is 1. The van der Waals surface area contributed by atoms with Crippen molar-refractivity contribution >= 4 is 29.9 Å². The average Bonchev–Trinajstić information content (AvgIpc) is 2.30. The highest BCUT2D eigenvalue weighted by Crippen LogP contribution is 2.03. The molecule has 0 saturated carbocycles. The van der Waals surface area contributed by atoms with E-state index in [0.29, 0.717) is 0 Å². The molecule has 0 aromatic heterocycles. The molecule has 6 heteroatoms. The Bertz CT molecular complexity index is 357. The van der Waals surface area contributed by atoms with E-state index in [1.54, 1.807) is 19.2 Å². The summed E-state index contributed by atoms with van der Waals surface area (Å²) in [6, 6.07) is 9.16. The predicted octanol–water partition coefficient (Wildman–Crippen LogP) is 0.383. The van der Waals surface area contributed by atoms with E-state index in [1.165, 1.54) is 0 Å². The van der Waals surface area contributed by atoms with Gasteiger partial charge in [-0.15, -0.1) is 12.4 Å². The van der Waals surface area contributed by atoms with Crippen LogP contribution in [-0.2, 0) is 9.59 Å². The summed E-state index contributed by atoms with van der Waals surface area (Å²) in [6.45, 7) is 0.251. The van der Waals surface area contributed by atoms with Gasteiger partial charge in [-0.2, -0.15) is 0 Å². The van der Waals surface area contributed by atoms with Gasteiger partial charge in [0.25, 0.3) is 0 Å². The maximum Gasteiger partial charge on any atom is 0.238 e. The lowest BCUT2D eigenvalue weighted by Gasteiger charge is -2.05. The lowest BCUT2D eigenvalue weighted by atomic mass is 10.3. The standard InChI is InChI=1S/C11H15N3O2.ClH/c1-12-10(15)7-13-8-11(16)14-9-5-3-2-4-6-9;/h2-6,13H,7-8H2,1H3,(H,12,15)(H,14,16);1H. The lowest BCUT2D eigenvalue weighted by Crippen LogP contribution is -2.36. The third-order valence-corrected chi connectivity index (χ3v) is 1.91. The zero-order valence-electron chi connectivity index (χ0n) is 9.53. The molecule has 1 aromatic carbocycles. The molecular formula is C11H16ClN3O2. The minimum Gasteiger partial charge on any atom is -0.358 e. The third kappa shape index (κ3) is 6.55. The largest absolute Gasteiger partial charge is 0.358 e. The van der Waals surface area contributed by atoms with E-state index in [9.17, 15) is 9.59 Å². The average molecular weight is 258 g/mol. The molecule has 1 rings (SSSR count). The zero-order valence-corrected chi connectivity index (χ0v) is 10.3. The van der Waals surface area contributed by atoms with E-state index < -0.39 is 0 Å². The van der Waals surface area contributed by atoms with Crippen molar-refractivity contribution in [3.05, 3.63) is 30.3 Å². The molecule has 0 bridgehead atoms. The van der Waals surface area contributed by atoms with Gasteiger partial charge in [-0.25, -0.2) is 0 Å². The third-order valence-electron chi connectivity index (χ3n) is 1.91. The maximum atomic E-state index is 11.4. The van der Waals surface area contributed by atoms with Crippen molar-refractivity contribution < 1.29 is 9.59 Å². The van der Waals surface area contributed by atoms with Crippen molar-refractivity contribution in [3.8, 4) is 0 Å². The Labute approximate surface area is 106 Å². The summed E-state index contributed by atoms with van der Waals surface area (Å²) in [7, 11) is 1.55. The SMILES string of the molecule is CNC(=O)CNCC(=O)Nc1ccccc1.Cl. The molecule has 0 spiro atoms. The molecule has 0 aliphatic heterocycles. The van der Waals surface area contributed by atoms with Crippen LogP contribution in [0.15, 0.2) is 30.3 Å². The number of anilines is 1. The van der Waals surface area contributed by atoms with Crippen LogP contribution < -0.4 is 16.0 Å². The summed E-state index contributed by atoms with van der Waals surface area (Å²) in [5, 5.41) is 7.89. The molecule has 0 fully saturated rings. The van der Waals surface area contributed by atoms with Gasteiger partial charge >= 0.3 is 0 Å². The van der Waals surface area contributed by atoms with Gasteiger partial charge in [0.15, 0.2) is 0 Å². The first-order chi connectivity index (χ1) is 7.72. The molecule has 1 aromatic rings. The minimum absolute atomic E-state index is 0. The van der Waals surface area contributed by atoms with Crippen LogP contribution >= 0.6 is 12.4 Å². The van der Waals surface area contributed by atoms with Gasteiger partial charge in [0.1, 0.15) is 0 Å². The van der Waals surface area contributed by atoms with Crippen molar-refractivity contribution in [1.82, 2.24) is 10.6 Å². The van der Waals surface area contributed by atoms with Crippen LogP contribution in [0.25, 0.3) is 0 Å². The van der Waals surface area contributed by atoms with Crippen LogP contribution in [0.3, 0.4) is 0 Å². The second kappa shape index (κ2) is 8.55. The molecule has 0 radical (unpaired) electrons. The fraction of sp³-hybridized carbons (Fsp3) is 0.273. The first-order valence-corrected chi connectivity index (χ1v) is 4.98. The van der Waals surface area contributed by atoms with Crippen LogP contribution in [0.4, 0.5) is 5.69 Å². The van der Waals surface area contributed by atoms with Gasteiger partial charge < -0.3 is 10.6 Å². The fourth-order valence-corrected chi connectivity index (χ4v) is 1.10. The molecule has 0 aliphatic carbocycles. The molecule has 0 unspecified atom stereocenters. The van der Waals surface area contributed by atoms with Gasteiger partial charge in [0.2, 0.25) is 11.8 Å². The number of carbonyl (C=O) groups excluding carboxylic acids is 2. The summed E-state index contributed by atoms with van der Waals surface area (Å²) in [4.78, 5) is 22.2. The van der Waals surface area contributed by atoms with Crippen LogP contribution in [0.5, 0.6) is 0 Å². The van der Waals surface area contributed by atoms with E-state index in [1.807, 2.05) is 18.2 Å². The van der Waals surface area contributed by atoms with Gasteiger partial charge in [0, 0.05) is 12.7 Å². The Hall–Kier alpha value is -1.59. The number of carbonyl (C=O) groups is 2. The summed E-state index contributed by atoms with van der Waals surface area (Å²) >= 11 is 0. The summed E-state index contributed by atoms with van der Waals surface area (Å²) in [5.41, 5.74) is 0.745. The van der Waals surface area contributed by atoms with Crippen molar-refractivity contribution in [3.63, 3.8) is 0 Å². The summed E-state index contributed by atoms with van der Waals surface area (Å²) < 4.78 is 0. The van der Waals surface area contributed by atoms with Gasteiger partial charge in [-0.05, 0) is 12.1 Å². The number of hydrogen-bond acceptors (Lipinski definition) is 3. The minimum atomic E-state index is -0.171. The fourth-order valence-electron chi connectivity index (χ4n) is 1.10. The highest BCUT2D eigenvalue weighted by atomic mass is 35.5. The molecule has 17 heavy (non-hydrogen) atoms. The molecule has 0 aliphatic rings. The molecule has 0 heterocycles.